The Morgan fingerprint density at radius 3 is 2.58 bits per heavy atom. The molecule has 38 heavy (non-hydrogen) atoms. The van der Waals surface area contributed by atoms with E-state index in [9.17, 15) is 4.79 Å². The number of rotatable bonds is 7. The van der Waals surface area contributed by atoms with E-state index < -0.39 is 0 Å². The van der Waals surface area contributed by atoms with Gasteiger partial charge in [0.15, 0.2) is 0 Å². The van der Waals surface area contributed by atoms with Gasteiger partial charge in [0.1, 0.15) is 5.82 Å². The van der Waals surface area contributed by atoms with E-state index in [4.69, 9.17) is 0 Å². The van der Waals surface area contributed by atoms with Crippen LogP contribution in [0.25, 0.3) is 21.9 Å². The highest BCUT2D eigenvalue weighted by molar-refractivity contribution is 6.07. The normalized spacial score (nSPS) is 13.3. The predicted molar refractivity (Wildman–Crippen MR) is 154 cm³/mol. The number of amides is 1. The third-order valence-corrected chi connectivity index (χ3v) is 7.25. The monoisotopic (exact) mass is 501 g/mol. The number of aromatic nitrogens is 2. The summed E-state index contributed by atoms with van der Waals surface area (Å²) in [6.07, 6.45) is 2.78. The van der Waals surface area contributed by atoms with Crippen molar-refractivity contribution < 1.29 is 4.79 Å². The van der Waals surface area contributed by atoms with Gasteiger partial charge in [0, 0.05) is 50.2 Å². The molecule has 0 aliphatic carbocycles. The fourth-order valence-corrected chi connectivity index (χ4v) is 5.31. The maximum atomic E-state index is 13.9. The molecule has 6 nitrogen and oxygen atoms in total. The van der Waals surface area contributed by atoms with Crippen molar-refractivity contribution in [3.05, 3.63) is 114 Å². The van der Waals surface area contributed by atoms with E-state index in [1.807, 2.05) is 53.6 Å². The summed E-state index contributed by atoms with van der Waals surface area (Å²) >= 11 is 0. The Morgan fingerprint density at radius 1 is 0.868 bits per heavy atom. The molecule has 1 aromatic heterocycles. The average molecular weight is 502 g/mol. The molecule has 5 aromatic rings. The van der Waals surface area contributed by atoms with Gasteiger partial charge in [0.25, 0.3) is 5.91 Å². The van der Waals surface area contributed by atoms with Crippen LogP contribution in [-0.2, 0) is 6.54 Å². The zero-order valence-corrected chi connectivity index (χ0v) is 21.3. The van der Waals surface area contributed by atoms with Crippen LogP contribution in [0.2, 0.25) is 0 Å². The van der Waals surface area contributed by atoms with Crippen LogP contribution in [0.5, 0.6) is 0 Å². The molecule has 0 fully saturated rings. The van der Waals surface area contributed by atoms with Gasteiger partial charge >= 0.3 is 0 Å². The number of carbonyl (C=O) groups is 1. The number of fused-ring (bicyclic) bond motifs is 2. The van der Waals surface area contributed by atoms with Gasteiger partial charge < -0.3 is 15.1 Å². The first-order chi connectivity index (χ1) is 18.8. The average Bonchev–Trinajstić information content (AvgIpc) is 3.42. The van der Waals surface area contributed by atoms with E-state index in [1.165, 1.54) is 22.4 Å². The molecular formula is C32H31N5O. The number of nitrogens with zero attached hydrogens (tertiary/aromatic N) is 3. The summed E-state index contributed by atoms with van der Waals surface area (Å²) in [6.45, 7) is 3.77. The maximum absolute atomic E-state index is 13.9. The number of aromatic amines is 1. The number of nitrogens with one attached hydrogen (secondary N) is 2. The maximum Gasteiger partial charge on any atom is 0.254 e. The van der Waals surface area contributed by atoms with E-state index in [0.29, 0.717) is 13.1 Å². The Balaban J connectivity index is 1.28. The molecule has 190 valence electrons. The Bertz CT molecular complexity index is 1530. The second-order valence-electron chi connectivity index (χ2n) is 9.69. The Kier molecular flexibility index (Phi) is 6.77. The van der Waals surface area contributed by atoms with Crippen molar-refractivity contribution in [2.24, 2.45) is 0 Å². The van der Waals surface area contributed by atoms with E-state index in [-0.39, 0.29) is 5.91 Å². The van der Waals surface area contributed by atoms with Gasteiger partial charge in [-0.2, -0.15) is 5.10 Å². The number of benzene rings is 4. The minimum atomic E-state index is 0.0833. The van der Waals surface area contributed by atoms with E-state index in [0.717, 1.165) is 48.2 Å². The first kappa shape index (κ1) is 23.8. The molecule has 6 rings (SSSR count). The number of H-pyrrole nitrogens is 1. The van der Waals surface area contributed by atoms with Crippen LogP contribution >= 0.6 is 0 Å². The van der Waals surface area contributed by atoms with Gasteiger partial charge in [-0.1, -0.05) is 72.8 Å². The van der Waals surface area contributed by atoms with Crippen LogP contribution in [0.3, 0.4) is 0 Å². The summed E-state index contributed by atoms with van der Waals surface area (Å²) in [5, 5.41) is 12.5. The zero-order chi connectivity index (χ0) is 25.7. The molecule has 0 atom stereocenters. The first-order valence-electron chi connectivity index (χ1n) is 13.2. The highest BCUT2D eigenvalue weighted by Gasteiger charge is 2.25. The Morgan fingerprint density at radius 2 is 1.71 bits per heavy atom. The topological polar surface area (TPSA) is 64.3 Å². The number of anilines is 2. The SMILES string of the molecule is O=C(c1cccc2ccccc12)N1CCN(CCCNc2cc[nH]n2)c2ccc(-c3ccccc3)cc2C1. The highest BCUT2D eigenvalue weighted by Crippen LogP contribution is 2.32. The molecule has 0 spiro atoms. The van der Waals surface area contributed by atoms with Crippen molar-refractivity contribution in [2.75, 3.05) is 36.4 Å². The van der Waals surface area contributed by atoms with E-state index in [1.54, 1.807) is 0 Å². The predicted octanol–water partition coefficient (Wildman–Crippen LogP) is 6.19. The third kappa shape index (κ3) is 4.98. The molecule has 1 aliphatic heterocycles. The van der Waals surface area contributed by atoms with Crippen molar-refractivity contribution in [1.82, 2.24) is 15.1 Å². The standard InChI is InChI=1S/C32H31N5O/c38-32(29-13-6-11-25-10-4-5-12-28(25)29)37-21-20-36(19-7-17-33-31-16-18-34-35-31)30-15-14-26(22-27(30)23-37)24-8-2-1-3-9-24/h1-6,8-16,18,22H,7,17,19-21,23H2,(H2,33,34,35). The summed E-state index contributed by atoms with van der Waals surface area (Å²) in [7, 11) is 0. The summed E-state index contributed by atoms with van der Waals surface area (Å²) in [4.78, 5) is 18.4. The molecule has 2 heterocycles. The first-order valence-corrected chi connectivity index (χ1v) is 13.2. The Labute approximate surface area is 222 Å². The van der Waals surface area contributed by atoms with Gasteiger partial charge in [0.2, 0.25) is 0 Å². The van der Waals surface area contributed by atoms with Crippen LogP contribution in [0.1, 0.15) is 22.3 Å². The second kappa shape index (κ2) is 10.8. The minimum absolute atomic E-state index is 0.0833. The van der Waals surface area contributed by atoms with Gasteiger partial charge in [0.05, 0.1) is 0 Å². The number of hydrogen-bond donors (Lipinski definition) is 2. The lowest BCUT2D eigenvalue weighted by atomic mass is 10.0. The lowest BCUT2D eigenvalue weighted by Gasteiger charge is -2.25. The van der Waals surface area contributed by atoms with E-state index in [2.05, 4.69) is 75.0 Å². The second-order valence-corrected chi connectivity index (χ2v) is 9.69. The van der Waals surface area contributed by atoms with Crippen molar-refractivity contribution in [3.63, 3.8) is 0 Å². The molecular weight excluding hydrogens is 470 g/mol. The number of hydrogen-bond acceptors (Lipinski definition) is 4. The molecule has 2 N–H and O–H groups in total. The summed E-state index contributed by atoms with van der Waals surface area (Å²) in [6, 6.07) is 33.2. The van der Waals surface area contributed by atoms with Crippen LogP contribution in [0, 0.1) is 0 Å². The molecule has 0 unspecified atom stereocenters. The fourth-order valence-electron chi connectivity index (χ4n) is 5.31. The summed E-state index contributed by atoms with van der Waals surface area (Å²) in [5.74, 6) is 0.945. The van der Waals surface area contributed by atoms with Gasteiger partial charge in [-0.25, -0.2) is 0 Å². The van der Waals surface area contributed by atoms with Gasteiger partial charge in [-0.05, 0) is 58.1 Å². The van der Waals surface area contributed by atoms with Crippen LogP contribution in [0.4, 0.5) is 11.5 Å². The lowest BCUT2D eigenvalue weighted by Crippen LogP contribution is -2.36. The minimum Gasteiger partial charge on any atom is -0.369 e. The molecule has 1 aliphatic rings. The third-order valence-electron chi connectivity index (χ3n) is 7.25. The number of carbonyl (C=O) groups excluding carboxylic acids is 1. The smallest absolute Gasteiger partial charge is 0.254 e. The lowest BCUT2D eigenvalue weighted by molar-refractivity contribution is 0.0753. The van der Waals surface area contributed by atoms with Gasteiger partial charge in [-0.15, -0.1) is 0 Å². The van der Waals surface area contributed by atoms with Crippen molar-refractivity contribution >= 4 is 28.2 Å². The zero-order valence-electron chi connectivity index (χ0n) is 21.3. The molecule has 0 saturated carbocycles. The van der Waals surface area contributed by atoms with E-state index >= 15 is 0 Å². The molecule has 0 radical (unpaired) electrons. The molecule has 1 amide bonds. The largest absolute Gasteiger partial charge is 0.369 e. The summed E-state index contributed by atoms with van der Waals surface area (Å²) in [5.41, 5.74) is 5.50. The molecule has 6 heteroatoms. The van der Waals surface area contributed by atoms with Crippen LogP contribution in [0.15, 0.2) is 103 Å². The highest BCUT2D eigenvalue weighted by atomic mass is 16.2. The fraction of sp³-hybridized carbons (Fsp3) is 0.188. The van der Waals surface area contributed by atoms with Gasteiger partial charge in [-0.3, -0.25) is 9.89 Å². The quantitative estimate of drug-likeness (QED) is 0.261. The molecule has 4 aromatic carbocycles. The summed E-state index contributed by atoms with van der Waals surface area (Å²) < 4.78 is 0. The van der Waals surface area contributed by atoms with Crippen molar-refractivity contribution in [1.29, 1.82) is 0 Å². The molecule has 0 saturated heterocycles. The van der Waals surface area contributed by atoms with Crippen molar-refractivity contribution in [3.8, 4) is 11.1 Å². The molecule has 0 bridgehead atoms. The van der Waals surface area contributed by atoms with Crippen LogP contribution < -0.4 is 10.2 Å². The van der Waals surface area contributed by atoms with Crippen molar-refractivity contribution in [2.45, 2.75) is 13.0 Å². The van der Waals surface area contributed by atoms with Crippen LogP contribution in [-0.4, -0.2) is 47.2 Å². The Hall–Kier alpha value is -4.58.